The first-order valence-electron chi connectivity index (χ1n) is 6.85. The van der Waals surface area contributed by atoms with Crippen LogP contribution in [0.4, 0.5) is 37.7 Å². The second kappa shape index (κ2) is 6.30. The maximum absolute atomic E-state index is 12.8. The number of benzene rings is 2. The number of anilines is 2. The van der Waals surface area contributed by atoms with Gasteiger partial charge >= 0.3 is 12.4 Å². The molecule has 0 atom stereocenters. The first-order valence-corrected chi connectivity index (χ1v) is 6.85. The van der Waals surface area contributed by atoms with Crippen molar-refractivity contribution in [1.82, 2.24) is 0 Å². The Morgan fingerprint density at radius 3 is 1.88 bits per heavy atom. The molecule has 0 aliphatic carbocycles. The Kier molecular flexibility index (Phi) is 4.70. The Morgan fingerprint density at radius 1 is 0.920 bits per heavy atom. The van der Waals surface area contributed by atoms with Crippen LogP contribution in [-0.2, 0) is 12.4 Å². The molecule has 0 heterocycles. The summed E-state index contributed by atoms with van der Waals surface area (Å²) in [5, 5.41) is 2.28. The molecule has 0 aliphatic rings. The highest BCUT2D eigenvalue weighted by molar-refractivity contribution is 6.05. The van der Waals surface area contributed by atoms with Crippen LogP contribution in [0.5, 0.6) is 0 Å². The van der Waals surface area contributed by atoms with Crippen molar-refractivity contribution in [3.8, 4) is 0 Å². The van der Waals surface area contributed by atoms with Gasteiger partial charge in [-0.25, -0.2) is 0 Å². The molecule has 0 fully saturated rings. The van der Waals surface area contributed by atoms with Gasteiger partial charge in [-0.15, -0.1) is 0 Å². The number of nitrogens with one attached hydrogen (secondary N) is 1. The van der Waals surface area contributed by atoms with Gasteiger partial charge in [-0.2, -0.15) is 26.3 Å². The minimum atomic E-state index is -5.02. The SMILES string of the molecule is Cc1cc(N)ccc1NC(=O)c1cc(C(F)(F)F)cc(C(F)(F)F)c1. The van der Waals surface area contributed by atoms with Crippen LogP contribution < -0.4 is 11.1 Å². The van der Waals surface area contributed by atoms with E-state index in [1.807, 2.05) is 0 Å². The molecule has 0 unspecified atom stereocenters. The maximum Gasteiger partial charge on any atom is 0.416 e. The predicted octanol–water partition coefficient (Wildman–Crippen LogP) is 4.87. The van der Waals surface area contributed by atoms with Crippen LogP contribution in [0.15, 0.2) is 36.4 Å². The maximum atomic E-state index is 12.8. The highest BCUT2D eigenvalue weighted by Gasteiger charge is 2.37. The fourth-order valence-electron chi connectivity index (χ4n) is 2.11. The van der Waals surface area contributed by atoms with Gasteiger partial charge in [0.2, 0.25) is 0 Å². The van der Waals surface area contributed by atoms with Crippen LogP contribution in [0.25, 0.3) is 0 Å². The number of alkyl halides is 6. The van der Waals surface area contributed by atoms with Crippen molar-refractivity contribution in [2.45, 2.75) is 19.3 Å². The van der Waals surface area contributed by atoms with Gasteiger partial charge in [0.25, 0.3) is 5.91 Å². The van der Waals surface area contributed by atoms with E-state index < -0.39 is 35.0 Å². The molecule has 0 aromatic heterocycles. The number of rotatable bonds is 2. The third-order valence-electron chi connectivity index (χ3n) is 3.35. The van der Waals surface area contributed by atoms with Gasteiger partial charge in [0, 0.05) is 16.9 Å². The zero-order valence-corrected chi connectivity index (χ0v) is 12.7. The smallest absolute Gasteiger partial charge is 0.399 e. The molecule has 0 saturated carbocycles. The van der Waals surface area contributed by atoms with Crippen LogP contribution in [0.2, 0.25) is 0 Å². The molecule has 2 rings (SSSR count). The van der Waals surface area contributed by atoms with Crippen molar-refractivity contribution in [1.29, 1.82) is 0 Å². The molecular formula is C16H12F6N2O. The lowest BCUT2D eigenvalue weighted by atomic mass is 10.0. The van der Waals surface area contributed by atoms with Crippen molar-refractivity contribution >= 4 is 17.3 Å². The summed E-state index contributed by atoms with van der Waals surface area (Å²) in [5.74, 6) is -1.09. The molecule has 0 radical (unpaired) electrons. The van der Waals surface area contributed by atoms with E-state index in [1.54, 1.807) is 6.92 Å². The van der Waals surface area contributed by atoms with Gasteiger partial charge in [-0.05, 0) is 48.9 Å². The molecule has 0 spiro atoms. The molecule has 3 N–H and O–H groups in total. The Balaban J connectivity index is 2.44. The van der Waals surface area contributed by atoms with Crippen LogP contribution in [0.3, 0.4) is 0 Å². The Labute approximate surface area is 138 Å². The van der Waals surface area contributed by atoms with E-state index in [0.717, 1.165) is 0 Å². The lowest BCUT2D eigenvalue weighted by molar-refractivity contribution is -0.143. The summed E-state index contributed by atoms with van der Waals surface area (Å²) in [5.41, 5.74) is 2.82. The van der Waals surface area contributed by atoms with Gasteiger partial charge in [0.05, 0.1) is 11.1 Å². The summed E-state index contributed by atoms with van der Waals surface area (Å²) in [6.45, 7) is 1.58. The molecule has 25 heavy (non-hydrogen) atoms. The van der Waals surface area contributed by atoms with Gasteiger partial charge < -0.3 is 11.1 Å². The largest absolute Gasteiger partial charge is 0.416 e. The molecule has 0 aliphatic heterocycles. The normalized spacial score (nSPS) is 12.1. The highest BCUT2D eigenvalue weighted by atomic mass is 19.4. The number of carbonyl (C=O) groups excluding carboxylic acids is 1. The molecule has 2 aromatic rings. The van der Waals surface area contributed by atoms with Crippen molar-refractivity contribution in [3.05, 3.63) is 58.7 Å². The number of hydrogen-bond donors (Lipinski definition) is 2. The lowest BCUT2D eigenvalue weighted by Gasteiger charge is -2.15. The molecular weight excluding hydrogens is 350 g/mol. The fourth-order valence-corrected chi connectivity index (χ4v) is 2.11. The standard InChI is InChI=1S/C16H12F6N2O/c1-8-4-12(23)2-3-13(8)24-14(25)9-5-10(15(17,18)19)7-11(6-9)16(20,21)22/h2-7H,23H2,1H3,(H,24,25). The molecule has 1 amide bonds. The zero-order valence-electron chi connectivity index (χ0n) is 12.7. The topological polar surface area (TPSA) is 55.1 Å². The Hall–Kier alpha value is -2.71. The highest BCUT2D eigenvalue weighted by Crippen LogP contribution is 2.36. The molecule has 134 valence electrons. The molecule has 3 nitrogen and oxygen atoms in total. The number of aryl methyl sites for hydroxylation is 1. The third kappa shape index (κ3) is 4.43. The minimum Gasteiger partial charge on any atom is -0.399 e. The van der Waals surface area contributed by atoms with Crippen LogP contribution >= 0.6 is 0 Å². The number of nitrogen functional groups attached to an aromatic ring is 1. The fraction of sp³-hybridized carbons (Fsp3) is 0.188. The summed E-state index contributed by atoms with van der Waals surface area (Å²) >= 11 is 0. The van der Waals surface area contributed by atoms with Crippen molar-refractivity contribution in [2.75, 3.05) is 11.1 Å². The second-order valence-corrected chi connectivity index (χ2v) is 5.32. The number of nitrogens with two attached hydrogens (primary N) is 1. The van der Waals surface area contributed by atoms with Crippen molar-refractivity contribution in [3.63, 3.8) is 0 Å². The van der Waals surface area contributed by atoms with Crippen molar-refractivity contribution in [2.24, 2.45) is 0 Å². The van der Waals surface area contributed by atoms with Gasteiger partial charge in [0.1, 0.15) is 0 Å². The zero-order chi connectivity index (χ0) is 19.0. The van der Waals surface area contributed by atoms with E-state index in [1.165, 1.54) is 18.2 Å². The quantitative estimate of drug-likeness (QED) is 0.592. The van der Waals surface area contributed by atoms with E-state index in [9.17, 15) is 31.1 Å². The third-order valence-corrected chi connectivity index (χ3v) is 3.35. The summed E-state index contributed by atoms with van der Waals surface area (Å²) in [4.78, 5) is 12.1. The molecule has 0 saturated heterocycles. The van der Waals surface area contributed by atoms with Gasteiger partial charge in [-0.1, -0.05) is 0 Å². The van der Waals surface area contributed by atoms with Gasteiger partial charge in [-0.3, -0.25) is 4.79 Å². The second-order valence-electron chi connectivity index (χ2n) is 5.32. The van der Waals surface area contributed by atoms with E-state index in [4.69, 9.17) is 5.73 Å². The Morgan fingerprint density at radius 2 is 1.44 bits per heavy atom. The van der Waals surface area contributed by atoms with Gasteiger partial charge in [0.15, 0.2) is 0 Å². The summed E-state index contributed by atoms with van der Waals surface area (Å²) in [7, 11) is 0. The van der Waals surface area contributed by atoms with E-state index in [0.29, 0.717) is 23.4 Å². The number of carbonyl (C=O) groups is 1. The average molecular weight is 362 g/mol. The van der Waals surface area contributed by atoms with Crippen LogP contribution in [-0.4, -0.2) is 5.91 Å². The molecule has 0 bridgehead atoms. The predicted molar refractivity (Wildman–Crippen MR) is 80.0 cm³/mol. The first kappa shape index (κ1) is 18.6. The summed E-state index contributed by atoms with van der Waals surface area (Å²) in [6, 6.07) is 5.05. The number of hydrogen-bond acceptors (Lipinski definition) is 2. The van der Waals surface area contributed by atoms with E-state index >= 15 is 0 Å². The number of halogens is 6. The number of amides is 1. The van der Waals surface area contributed by atoms with Crippen LogP contribution in [0.1, 0.15) is 27.0 Å². The Bertz CT molecular complexity index is 779. The summed E-state index contributed by atoms with van der Waals surface area (Å²) < 4.78 is 76.9. The lowest BCUT2D eigenvalue weighted by Crippen LogP contribution is -2.17. The monoisotopic (exact) mass is 362 g/mol. The summed E-state index contributed by atoms with van der Waals surface area (Å²) in [6.07, 6.45) is -10.0. The average Bonchev–Trinajstić information content (AvgIpc) is 2.47. The van der Waals surface area contributed by atoms with Crippen LogP contribution in [0, 0.1) is 6.92 Å². The minimum absolute atomic E-state index is 0.0365. The first-order chi connectivity index (χ1) is 11.4. The van der Waals surface area contributed by atoms with Crippen molar-refractivity contribution < 1.29 is 31.1 Å². The van der Waals surface area contributed by atoms with E-state index in [-0.39, 0.29) is 11.8 Å². The molecule has 2 aromatic carbocycles. The van der Waals surface area contributed by atoms with E-state index in [2.05, 4.69) is 5.32 Å². The molecule has 9 heteroatoms.